The molecular formula is C12H15BrFNO. The lowest BCUT2D eigenvalue weighted by Crippen LogP contribution is -2.26. The molecule has 0 aliphatic carbocycles. The van der Waals surface area contributed by atoms with E-state index in [0.29, 0.717) is 10.0 Å². The van der Waals surface area contributed by atoms with E-state index in [0.717, 1.165) is 0 Å². The summed E-state index contributed by atoms with van der Waals surface area (Å²) in [5.41, 5.74) is 5.93. The Labute approximate surface area is 103 Å². The number of carbonyl (C=O) groups is 1. The van der Waals surface area contributed by atoms with Gasteiger partial charge in [-0.2, -0.15) is 0 Å². The van der Waals surface area contributed by atoms with Gasteiger partial charge in [0.15, 0.2) is 0 Å². The van der Waals surface area contributed by atoms with Crippen molar-refractivity contribution in [3.05, 3.63) is 34.1 Å². The molecule has 1 rings (SSSR count). The fourth-order valence-electron chi connectivity index (χ4n) is 1.58. The zero-order chi connectivity index (χ0) is 12.3. The molecule has 0 saturated heterocycles. The van der Waals surface area contributed by atoms with Gasteiger partial charge < -0.3 is 5.73 Å². The van der Waals surface area contributed by atoms with Gasteiger partial charge in [0.25, 0.3) is 0 Å². The van der Waals surface area contributed by atoms with Gasteiger partial charge in [0.2, 0.25) is 0 Å². The first-order valence-corrected chi connectivity index (χ1v) is 5.95. The highest BCUT2D eigenvalue weighted by molar-refractivity contribution is 9.10. The van der Waals surface area contributed by atoms with E-state index in [2.05, 4.69) is 15.9 Å². The molecule has 88 valence electrons. The van der Waals surface area contributed by atoms with Gasteiger partial charge in [-0.05, 0) is 17.7 Å². The van der Waals surface area contributed by atoms with Crippen molar-refractivity contribution in [1.29, 1.82) is 0 Å². The van der Waals surface area contributed by atoms with Crippen molar-refractivity contribution < 1.29 is 9.18 Å². The van der Waals surface area contributed by atoms with Crippen LogP contribution in [0.25, 0.3) is 0 Å². The number of rotatable bonds is 4. The van der Waals surface area contributed by atoms with Crippen LogP contribution in [-0.2, 0) is 4.79 Å². The summed E-state index contributed by atoms with van der Waals surface area (Å²) in [5.74, 6) is -1.10. The fourth-order valence-corrected chi connectivity index (χ4v) is 1.92. The first-order valence-electron chi connectivity index (χ1n) is 5.16. The normalized spacial score (nSPS) is 12.9. The Morgan fingerprint density at radius 3 is 2.56 bits per heavy atom. The summed E-state index contributed by atoms with van der Waals surface area (Å²) in [7, 11) is 0. The third-order valence-electron chi connectivity index (χ3n) is 2.49. The summed E-state index contributed by atoms with van der Waals surface area (Å²) in [6.45, 7) is 3.72. The zero-order valence-electron chi connectivity index (χ0n) is 9.34. The summed E-state index contributed by atoms with van der Waals surface area (Å²) in [5, 5.41) is 0. The topological polar surface area (TPSA) is 43.1 Å². The molecule has 1 atom stereocenters. The van der Waals surface area contributed by atoms with E-state index in [1.165, 1.54) is 6.07 Å². The van der Waals surface area contributed by atoms with Crippen molar-refractivity contribution in [2.45, 2.75) is 19.8 Å². The number of Topliss-reactive ketones (excluding diaryl/α,β-unsaturated/α-hetero) is 1. The van der Waals surface area contributed by atoms with Crippen molar-refractivity contribution in [3.8, 4) is 0 Å². The van der Waals surface area contributed by atoms with E-state index < -0.39 is 5.92 Å². The van der Waals surface area contributed by atoms with Crippen LogP contribution >= 0.6 is 15.9 Å². The van der Waals surface area contributed by atoms with E-state index in [-0.39, 0.29) is 24.1 Å². The van der Waals surface area contributed by atoms with Gasteiger partial charge in [-0.1, -0.05) is 35.8 Å². The van der Waals surface area contributed by atoms with Crippen LogP contribution in [0.2, 0.25) is 0 Å². The predicted molar refractivity (Wildman–Crippen MR) is 65.7 cm³/mol. The molecule has 2 N–H and O–H groups in total. The van der Waals surface area contributed by atoms with Crippen LogP contribution in [0.3, 0.4) is 0 Å². The van der Waals surface area contributed by atoms with Gasteiger partial charge in [-0.15, -0.1) is 0 Å². The Kier molecular flexibility index (Phi) is 4.62. The molecule has 0 radical (unpaired) electrons. The molecule has 1 aromatic rings. The third kappa shape index (κ3) is 2.89. The van der Waals surface area contributed by atoms with E-state index in [1.54, 1.807) is 26.0 Å². The molecule has 0 aliphatic rings. The van der Waals surface area contributed by atoms with Crippen LogP contribution in [0.5, 0.6) is 0 Å². The van der Waals surface area contributed by atoms with Crippen LogP contribution in [0.4, 0.5) is 4.39 Å². The SMILES string of the molecule is CC(C)C(=O)[C@H](CN)c1ccc(Br)cc1F. The first kappa shape index (κ1) is 13.3. The van der Waals surface area contributed by atoms with Gasteiger partial charge in [-0.25, -0.2) is 4.39 Å². The van der Waals surface area contributed by atoms with Gasteiger partial charge >= 0.3 is 0 Å². The number of nitrogens with two attached hydrogens (primary N) is 1. The van der Waals surface area contributed by atoms with Gasteiger partial charge in [0, 0.05) is 16.9 Å². The molecule has 0 amide bonds. The number of ketones is 1. The Morgan fingerprint density at radius 2 is 2.12 bits per heavy atom. The molecule has 0 aliphatic heterocycles. The second kappa shape index (κ2) is 5.55. The van der Waals surface area contributed by atoms with Crippen LogP contribution in [0.15, 0.2) is 22.7 Å². The monoisotopic (exact) mass is 287 g/mol. The van der Waals surface area contributed by atoms with E-state index in [9.17, 15) is 9.18 Å². The number of carbonyl (C=O) groups excluding carboxylic acids is 1. The minimum atomic E-state index is -0.548. The minimum Gasteiger partial charge on any atom is -0.329 e. The van der Waals surface area contributed by atoms with Crippen LogP contribution < -0.4 is 5.73 Å². The highest BCUT2D eigenvalue weighted by Gasteiger charge is 2.24. The van der Waals surface area contributed by atoms with E-state index in [1.807, 2.05) is 0 Å². The highest BCUT2D eigenvalue weighted by atomic mass is 79.9. The van der Waals surface area contributed by atoms with E-state index in [4.69, 9.17) is 5.73 Å². The second-order valence-electron chi connectivity index (χ2n) is 4.01. The molecule has 0 aromatic heterocycles. The fraction of sp³-hybridized carbons (Fsp3) is 0.417. The molecule has 0 spiro atoms. The second-order valence-corrected chi connectivity index (χ2v) is 4.93. The maximum Gasteiger partial charge on any atom is 0.144 e. The molecular weight excluding hydrogens is 273 g/mol. The van der Waals surface area contributed by atoms with Gasteiger partial charge in [-0.3, -0.25) is 4.79 Å². The average Bonchev–Trinajstić information content (AvgIpc) is 2.21. The maximum atomic E-state index is 13.7. The summed E-state index contributed by atoms with van der Waals surface area (Å²) < 4.78 is 14.3. The quantitative estimate of drug-likeness (QED) is 0.925. The van der Waals surface area contributed by atoms with Crippen molar-refractivity contribution >= 4 is 21.7 Å². The summed E-state index contributed by atoms with van der Waals surface area (Å²) in [6, 6.07) is 4.68. The Morgan fingerprint density at radius 1 is 1.50 bits per heavy atom. The van der Waals surface area contributed by atoms with E-state index >= 15 is 0 Å². The average molecular weight is 288 g/mol. The van der Waals surface area contributed by atoms with Crippen molar-refractivity contribution in [3.63, 3.8) is 0 Å². The molecule has 1 aromatic carbocycles. The third-order valence-corrected chi connectivity index (χ3v) is 2.98. The Balaban J connectivity index is 3.09. The largest absolute Gasteiger partial charge is 0.329 e. The number of hydrogen-bond donors (Lipinski definition) is 1. The Bertz CT molecular complexity index is 393. The van der Waals surface area contributed by atoms with Gasteiger partial charge in [0.1, 0.15) is 11.6 Å². The predicted octanol–water partition coefficient (Wildman–Crippen LogP) is 2.86. The first-order chi connectivity index (χ1) is 7.47. The molecule has 2 nitrogen and oxygen atoms in total. The lowest BCUT2D eigenvalue weighted by Gasteiger charge is -2.17. The smallest absolute Gasteiger partial charge is 0.144 e. The lowest BCUT2D eigenvalue weighted by molar-refractivity contribution is -0.123. The van der Waals surface area contributed by atoms with Crippen molar-refractivity contribution in [1.82, 2.24) is 0 Å². The molecule has 16 heavy (non-hydrogen) atoms. The summed E-state index contributed by atoms with van der Waals surface area (Å²) >= 11 is 3.18. The molecule has 0 unspecified atom stereocenters. The zero-order valence-corrected chi connectivity index (χ0v) is 10.9. The van der Waals surface area contributed by atoms with Crippen molar-refractivity contribution in [2.24, 2.45) is 11.7 Å². The van der Waals surface area contributed by atoms with Crippen molar-refractivity contribution in [2.75, 3.05) is 6.54 Å². The standard InChI is InChI=1S/C12H15BrFNO/c1-7(2)12(16)10(6-15)9-4-3-8(13)5-11(9)14/h3-5,7,10H,6,15H2,1-2H3/t10-/m1/s1. The molecule has 4 heteroatoms. The van der Waals surface area contributed by atoms with Crippen LogP contribution in [0.1, 0.15) is 25.3 Å². The molecule has 0 fully saturated rings. The van der Waals surface area contributed by atoms with Crippen LogP contribution in [0, 0.1) is 11.7 Å². The Hall–Kier alpha value is -0.740. The summed E-state index contributed by atoms with van der Waals surface area (Å²) in [6.07, 6.45) is 0. The molecule has 0 heterocycles. The lowest BCUT2D eigenvalue weighted by atomic mass is 9.89. The molecule has 0 saturated carbocycles. The number of hydrogen-bond acceptors (Lipinski definition) is 2. The maximum absolute atomic E-state index is 13.7. The molecule has 0 bridgehead atoms. The minimum absolute atomic E-state index is 0.0243. The highest BCUT2D eigenvalue weighted by Crippen LogP contribution is 2.24. The number of halogens is 2. The summed E-state index contributed by atoms with van der Waals surface area (Å²) in [4.78, 5) is 11.9. The number of benzene rings is 1. The van der Waals surface area contributed by atoms with Gasteiger partial charge in [0.05, 0.1) is 5.92 Å². The van der Waals surface area contributed by atoms with Crippen LogP contribution in [-0.4, -0.2) is 12.3 Å².